The van der Waals surface area contributed by atoms with Gasteiger partial charge in [-0.05, 0) is 83.9 Å². The van der Waals surface area contributed by atoms with Gasteiger partial charge >= 0.3 is 0 Å². The van der Waals surface area contributed by atoms with E-state index < -0.39 is 0 Å². The summed E-state index contributed by atoms with van der Waals surface area (Å²) in [7, 11) is 0. The Hall–Kier alpha value is -1.96. The Morgan fingerprint density at radius 1 is 0.875 bits per heavy atom. The molecule has 24 heavy (non-hydrogen) atoms. The van der Waals surface area contributed by atoms with Crippen molar-refractivity contribution in [2.24, 2.45) is 5.92 Å². The fourth-order valence-corrected chi connectivity index (χ4v) is 5.34. The summed E-state index contributed by atoms with van der Waals surface area (Å²) in [5.74, 6) is 2.94. The van der Waals surface area contributed by atoms with Crippen LogP contribution in [0.4, 0.5) is 0 Å². The van der Waals surface area contributed by atoms with E-state index in [9.17, 15) is 10.2 Å². The molecule has 2 aromatic rings. The number of benzene rings is 2. The SMILES string of the molecule is CCC1c2ccc(O)cc2C2CCCCC2C1c1ccc(O)cc1. The summed E-state index contributed by atoms with van der Waals surface area (Å²) in [6.45, 7) is 2.28. The van der Waals surface area contributed by atoms with Crippen LogP contribution in [0.15, 0.2) is 42.5 Å². The van der Waals surface area contributed by atoms with E-state index in [4.69, 9.17) is 0 Å². The van der Waals surface area contributed by atoms with E-state index in [1.807, 2.05) is 24.3 Å². The zero-order chi connectivity index (χ0) is 16.7. The van der Waals surface area contributed by atoms with Crippen LogP contribution in [0.5, 0.6) is 11.5 Å². The zero-order valence-corrected chi connectivity index (χ0v) is 14.3. The van der Waals surface area contributed by atoms with Gasteiger partial charge in [-0.1, -0.05) is 38.0 Å². The Morgan fingerprint density at radius 2 is 1.58 bits per heavy atom. The normalized spacial score (nSPS) is 28.9. The zero-order valence-electron chi connectivity index (χ0n) is 14.3. The fourth-order valence-electron chi connectivity index (χ4n) is 5.34. The van der Waals surface area contributed by atoms with Crippen LogP contribution in [-0.2, 0) is 0 Å². The molecule has 2 nitrogen and oxygen atoms in total. The number of fused-ring (bicyclic) bond motifs is 3. The maximum absolute atomic E-state index is 10.0. The van der Waals surface area contributed by atoms with E-state index in [0.29, 0.717) is 35.2 Å². The van der Waals surface area contributed by atoms with Gasteiger partial charge in [-0.15, -0.1) is 0 Å². The second-order valence-corrected chi connectivity index (χ2v) is 7.50. The summed E-state index contributed by atoms with van der Waals surface area (Å²) < 4.78 is 0. The van der Waals surface area contributed by atoms with Crippen LogP contribution in [0.3, 0.4) is 0 Å². The minimum Gasteiger partial charge on any atom is -0.508 e. The molecular formula is C22H26O2. The number of phenolic OH excluding ortho intramolecular Hbond substituents is 2. The molecule has 2 N–H and O–H groups in total. The molecule has 126 valence electrons. The van der Waals surface area contributed by atoms with Gasteiger partial charge in [-0.3, -0.25) is 0 Å². The highest BCUT2D eigenvalue weighted by Crippen LogP contribution is 2.57. The molecule has 1 fully saturated rings. The molecule has 2 aliphatic carbocycles. The molecule has 0 radical (unpaired) electrons. The molecule has 0 aromatic heterocycles. The van der Waals surface area contributed by atoms with Crippen molar-refractivity contribution in [2.45, 2.75) is 56.8 Å². The average Bonchev–Trinajstić information content (AvgIpc) is 2.61. The van der Waals surface area contributed by atoms with Gasteiger partial charge in [0.2, 0.25) is 0 Å². The molecule has 2 aromatic carbocycles. The third-order valence-corrected chi connectivity index (χ3v) is 6.30. The molecule has 4 atom stereocenters. The van der Waals surface area contributed by atoms with Gasteiger partial charge in [0, 0.05) is 0 Å². The highest BCUT2D eigenvalue weighted by atomic mass is 16.3. The van der Waals surface area contributed by atoms with Crippen molar-refractivity contribution < 1.29 is 10.2 Å². The van der Waals surface area contributed by atoms with Gasteiger partial charge in [0.05, 0.1) is 0 Å². The molecule has 0 spiro atoms. The van der Waals surface area contributed by atoms with Gasteiger partial charge in [-0.25, -0.2) is 0 Å². The number of rotatable bonds is 2. The Balaban J connectivity index is 1.85. The van der Waals surface area contributed by atoms with Gasteiger partial charge in [0.1, 0.15) is 11.5 Å². The first-order chi connectivity index (χ1) is 11.7. The van der Waals surface area contributed by atoms with Crippen LogP contribution < -0.4 is 0 Å². The van der Waals surface area contributed by atoms with E-state index in [1.54, 1.807) is 0 Å². The average molecular weight is 322 g/mol. The molecular weight excluding hydrogens is 296 g/mol. The number of phenols is 2. The van der Waals surface area contributed by atoms with Gasteiger partial charge in [0.15, 0.2) is 0 Å². The van der Waals surface area contributed by atoms with Gasteiger partial charge < -0.3 is 10.2 Å². The van der Waals surface area contributed by atoms with Crippen molar-refractivity contribution in [3.8, 4) is 11.5 Å². The Kier molecular flexibility index (Phi) is 3.99. The fraction of sp³-hybridized carbons (Fsp3) is 0.455. The molecule has 0 bridgehead atoms. The van der Waals surface area contributed by atoms with Crippen LogP contribution in [-0.4, -0.2) is 10.2 Å². The number of aromatic hydroxyl groups is 2. The molecule has 0 amide bonds. The van der Waals surface area contributed by atoms with E-state index in [0.717, 1.165) is 6.42 Å². The summed E-state index contributed by atoms with van der Waals surface area (Å²) in [5.41, 5.74) is 4.17. The quantitative estimate of drug-likeness (QED) is 0.748. The molecule has 0 aliphatic heterocycles. The van der Waals surface area contributed by atoms with Gasteiger partial charge in [0.25, 0.3) is 0 Å². The molecule has 0 heterocycles. The topological polar surface area (TPSA) is 40.5 Å². The summed E-state index contributed by atoms with van der Waals surface area (Å²) in [4.78, 5) is 0. The predicted octanol–water partition coefficient (Wildman–Crippen LogP) is 5.66. The Bertz CT molecular complexity index is 719. The van der Waals surface area contributed by atoms with Crippen molar-refractivity contribution >= 4 is 0 Å². The molecule has 4 rings (SSSR count). The van der Waals surface area contributed by atoms with Crippen molar-refractivity contribution in [3.05, 3.63) is 59.2 Å². The van der Waals surface area contributed by atoms with Crippen molar-refractivity contribution in [3.63, 3.8) is 0 Å². The summed E-state index contributed by atoms with van der Waals surface area (Å²) >= 11 is 0. The Morgan fingerprint density at radius 3 is 2.33 bits per heavy atom. The first kappa shape index (κ1) is 15.6. The van der Waals surface area contributed by atoms with E-state index >= 15 is 0 Å². The summed E-state index contributed by atoms with van der Waals surface area (Å²) in [6, 6.07) is 13.9. The lowest BCUT2D eigenvalue weighted by Gasteiger charge is -2.47. The van der Waals surface area contributed by atoms with Crippen LogP contribution in [0, 0.1) is 5.92 Å². The monoisotopic (exact) mass is 322 g/mol. The largest absolute Gasteiger partial charge is 0.508 e. The van der Waals surface area contributed by atoms with Crippen molar-refractivity contribution in [1.29, 1.82) is 0 Å². The van der Waals surface area contributed by atoms with E-state index in [-0.39, 0.29) is 0 Å². The second-order valence-electron chi connectivity index (χ2n) is 7.50. The highest BCUT2D eigenvalue weighted by molar-refractivity contribution is 5.46. The van der Waals surface area contributed by atoms with Crippen LogP contribution >= 0.6 is 0 Å². The highest BCUT2D eigenvalue weighted by Gasteiger charge is 2.43. The minimum absolute atomic E-state index is 0.341. The Labute approximate surface area is 144 Å². The van der Waals surface area contributed by atoms with Crippen molar-refractivity contribution in [1.82, 2.24) is 0 Å². The maximum Gasteiger partial charge on any atom is 0.115 e. The van der Waals surface area contributed by atoms with Gasteiger partial charge in [-0.2, -0.15) is 0 Å². The summed E-state index contributed by atoms with van der Waals surface area (Å²) in [5, 5.41) is 19.7. The predicted molar refractivity (Wildman–Crippen MR) is 96.7 cm³/mol. The van der Waals surface area contributed by atoms with Crippen molar-refractivity contribution in [2.75, 3.05) is 0 Å². The number of hydrogen-bond donors (Lipinski definition) is 2. The molecule has 4 unspecified atom stereocenters. The van der Waals surface area contributed by atoms with E-state index in [1.165, 1.54) is 42.4 Å². The summed E-state index contributed by atoms with van der Waals surface area (Å²) in [6.07, 6.45) is 6.19. The number of hydrogen-bond acceptors (Lipinski definition) is 2. The molecule has 1 saturated carbocycles. The lowest BCUT2D eigenvalue weighted by Crippen LogP contribution is -2.33. The molecule has 2 heteroatoms. The molecule has 0 saturated heterocycles. The van der Waals surface area contributed by atoms with E-state index in [2.05, 4.69) is 25.1 Å². The molecule has 2 aliphatic rings. The maximum atomic E-state index is 10.0. The first-order valence-corrected chi connectivity index (χ1v) is 9.30. The van der Waals surface area contributed by atoms with Crippen LogP contribution in [0.2, 0.25) is 0 Å². The lowest BCUT2D eigenvalue weighted by molar-refractivity contribution is 0.215. The van der Waals surface area contributed by atoms with Crippen LogP contribution in [0.25, 0.3) is 0 Å². The smallest absolute Gasteiger partial charge is 0.115 e. The first-order valence-electron chi connectivity index (χ1n) is 9.30. The van der Waals surface area contributed by atoms with Crippen LogP contribution in [0.1, 0.15) is 73.5 Å². The minimum atomic E-state index is 0.341. The third kappa shape index (κ3) is 2.49. The standard InChI is InChI=1S/C22H26O2/c1-2-17-19-12-11-16(24)13-21(19)18-5-3-4-6-20(18)22(17)14-7-9-15(23)10-8-14/h7-13,17-18,20,22-24H,2-6H2,1H3. The third-order valence-electron chi connectivity index (χ3n) is 6.30. The second kappa shape index (κ2) is 6.16. The lowest BCUT2D eigenvalue weighted by atomic mass is 9.57.